The number of hydrogen-bond acceptors (Lipinski definition) is 4. The predicted molar refractivity (Wildman–Crippen MR) is 109 cm³/mol. The van der Waals surface area contributed by atoms with Crippen LogP contribution in [0.4, 0.5) is 0 Å². The van der Waals surface area contributed by atoms with Crippen LogP contribution in [0.15, 0.2) is 29.1 Å². The summed E-state index contributed by atoms with van der Waals surface area (Å²) >= 11 is 0. The zero-order valence-electron chi connectivity index (χ0n) is 16.7. The van der Waals surface area contributed by atoms with Crippen LogP contribution in [0, 0.1) is 12.8 Å². The largest absolute Gasteiger partial charge is 0.393 e. The molecule has 5 heteroatoms. The summed E-state index contributed by atoms with van der Waals surface area (Å²) < 4.78 is 0. The van der Waals surface area contributed by atoms with Crippen molar-refractivity contribution in [3.63, 3.8) is 0 Å². The van der Waals surface area contributed by atoms with Crippen molar-refractivity contribution in [3.05, 3.63) is 51.4 Å². The molecule has 1 aliphatic rings. The molecule has 1 saturated heterocycles. The minimum absolute atomic E-state index is 0.0405. The molecule has 1 aliphatic heterocycles. The van der Waals surface area contributed by atoms with Gasteiger partial charge < -0.3 is 10.1 Å². The number of nitrogens with zero attached hydrogens (tertiary/aromatic N) is 2. The standard InChI is InChI=1S/C22H31N3O2/c1-4-19-15(3)23-21(24-22(19)27)18-8-6-16(7-9-18)14-25-12-10-17(11-13-25)20(26)5-2/h6-9,17,20,26H,4-5,10-14H2,1-3H3,(H,23,24,27)/t20-/m1/s1. The van der Waals surface area contributed by atoms with E-state index >= 15 is 0 Å². The lowest BCUT2D eigenvalue weighted by Crippen LogP contribution is -2.37. The van der Waals surface area contributed by atoms with Crippen molar-refractivity contribution >= 4 is 0 Å². The van der Waals surface area contributed by atoms with E-state index in [2.05, 4.69) is 33.9 Å². The molecule has 0 aliphatic carbocycles. The molecular formula is C22H31N3O2. The Bertz CT molecular complexity index is 805. The van der Waals surface area contributed by atoms with Gasteiger partial charge >= 0.3 is 0 Å². The van der Waals surface area contributed by atoms with Crippen molar-refractivity contribution < 1.29 is 5.11 Å². The van der Waals surface area contributed by atoms with Gasteiger partial charge in [-0.25, -0.2) is 4.98 Å². The molecule has 27 heavy (non-hydrogen) atoms. The first-order chi connectivity index (χ1) is 13.0. The summed E-state index contributed by atoms with van der Waals surface area (Å²) in [4.78, 5) is 22.1. The van der Waals surface area contributed by atoms with E-state index in [4.69, 9.17) is 0 Å². The van der Waals surface area contributed by atoms with E-state index in [1.54, 1.807) is 0 Å². The van der Waals surface area contributed by atoms with Crippen LogP contribution in [0.1, 0.15) is 49.9 Å². The second-order valence-corrected chi connectivity index (χ2v) is 7.62. The average molecular weight is 370 g/mol. The molecule has 1 aromatic heterocycles. The Morgan fingerprint density at radius 1 is 1.22 bits per heavy atom. The van der Waals surface area contributed by atoms with Crippen LogP contribution in [0.5, 0.6) is 0 Å². The minimum atomic E-state index is -0.149. The van der Waals surface area contributed by atoms with Gasteiger partial charge in [-0.05, 0) is 57.2 Å². The van der Waals surface area contributed by atoms with Gasteiger partial charge in [-0.3, -0.25) is 9.69 Å². The number of aromatic amines is 1. The SMILES string of the molecule is CCc1c(C)nc(-c2ccc(CN3CCC([C@H](O)CC)CC3)cc2)[nH]c1=O. The van der Waals surface area contributed by atoms with Crippen LogP contribution >= 0.6 is 0 Å². The Balaban J connectivity index is 1.64. The van der Waals surface area contributed by atoms with Crippen LogP contribution in [-0.4, -0.2) is 39.2 Å². The average Bonchev–Trinajstić information content (AvgIpc) is 2.68. The second-order valence-electron chi connectivity index (χ2n) is 7.62. The summed E-state index contributed by atoms with van der Waals surface area (Å²) in [6, 6.07) is 8.30. The number of rotatable bonds is 6. The quantitative estimate of drug-likeness (QED) is 0.820. The van der Waals surface area contributed by atoms with Gasteiger partial charge in [-0.2, -0.15) is 0 Å². The fourth-order valence-corrected chi connectivity index (χ4v) is 4.02. The highest BCUT2D eigenvalue weighted by Crippen LogP contribution is 2.24. The van der Waals surface area contributed by atoms with Crippen molar-refractivity contribution in [2.24, 2.45) is 5.92 Å². The van der Waals surface area contributed by atoms with Crippen molar-refractivity contribution in [3.8, 4) is 11.4 Å². The number of aromatic nitrogens is 2. The number of hydrogen-bond donors (Lipinski definition) is 2. The fraction of sp³-hybridized carbons (Fsp3) is 0.545. The number of piperidine rings is 1. The fourth-order valence-electron chi connectivity index (χ4n) is 4.02. The van der Waals surface area contributed by atoms with Gasteiger partial charge in [0.25, 0.3) is 5.56 Å². The number of benzene rings is 1. The zero-order chi connectivity index (χ0) is 19.4. The predicted octanol–water partition coefficient (Wildman–Crippen LogP) is 3.29. The van der Waals surface area contributed by atoms with Crippen LogP contribution in [-0.2, 0) is 13.0 Å². The van der Waals surface area contributed by atoms with Gasteiger partial charge in [0.15, 0.2) is 0 Å². The molecule has 2 N–H and O–H groups in total. The highest BCUT2D eigenvalue weighted by molar-refractivity contribution is 5.55. The molecule has 0 saturated carbocycles. The first-order valence-corrected chi connectivity index (χ1v) is 10.1. The summed E-state index contributed by atoms with van der Waals surface area (Å²) in [5, 5.41) is 10.0. The number of H-pyrrole nitrogens is 1. The van der Waals surface area contributed by atoms with Gasteiger partial charge in [0.2, 0.25) is 0 Å². The molecule has 0 radical (unpaired) electrons. The first-order valence-electron chi connectivity index (χ1n) is 10.1. The first kappa shape index (κ1) is 19.8. The van der Waals surface area contributed by atoms with E-state index < -0.39 is 0 Å². The number of aryl methyl sites for hydroxylation is 1. The summed E-state index contributed by atoms with van der Waals surface area (Å²) in [5.74, 6) is 1.08. The van der Waals surface area contributed by atoms with Gasteiger partial charge in [0, 0.05) is 23.4 Å². The van der Waals surface area contributed by atoms with Crippen LogP contribution < -0.4 is 5.56 Å². The molecule has 1 atom stereocenters. The monoisotopic (exact) mass is 369 g/mol. The number of likely N-dealkylation sites (tertiary alicyclic amines) is 1. The number of nitrogens with one attached hydrogen (secondary N) is 1. The van der Waals surface area contributed by atoms with E-state index in [9.17, 15) is 9.90 Å². The lowest BCUT2D eigenvalue weighted by atomic mass is 9.90. The maximum absolute atomic E-state index is 12.2. The lowest BCUT2D eigenvalue weighted by Gasteiger charge is -2.34. The third-order valence-corrected chi connectivity index (χ3v) is 5.80. The zero-order valence-corrected chi connectivity index (χ0v) is 16.7. The molecule has 2 aromatic rings. The van der Waals surface area contributed by atoms with Gasteiger partial charge in [-0.15, -0.1) is 0 Å². The Morgan fingerprint density at radius 3 is 2.44 bits per heavy atom. The molecule has 1 aromatic carbocycles. The van der Waals surface area contributed by atoms with E-state index in [-0.39, 0.29) is 11.7 Å². The van der Waals surface area contributed by atoms with Crippen molar-refractivity contribution in [1.82, 2.24) is 14.9 Å². The summed E-state index contributed by atoms with van der Waals surface area (Å²) in [7, 11) is 0. The van der Waals surface area contributed by atoms with E-state index in [0.717, 1.165) is 55.7 Å². The summed E-state index contributed by atoms with van der Waals surface area (Å²) in [6.07, 6.45) is 3.53. The number of aliphatic hydroxyl groups excluding tert-OH is 1. The third-order valence-electron chi connectivity index (χ3n) is 5.80. The van der Waals surface area contributed by atoms with Crippen LogP contribution in [0.2, 0.25) is 0 Å². The minimum Gasteiger partial charge on any atom is -0.393 e. The molecule has 3 rings (SSSR count). The van der Waals surface area contributed by atoms with Crippen molar-refractivity contribution in [2.45, 2.75) is 59.1 Å². The highest BCUT2D eigenvalue weighted by atomic mass is 16.3. The number of aliphatic hydroxyl groups is 1. The Hall–Kier alpha value is -1.98. The molecular weight excluding hydrogens is 338 g/mol. The van der Waals surface area contributed by atoms with E-state index in [0.29, 0.717) is 18.2 Å². The molecule has 1 fully saturated rings. The Kier molecular flexibility index (Phi) is 6.45. The van der Waals surface area contributed by atoms with Crippen molar-refractivity contribution in [2.75, 3.05) is 13.1 Å². The van der Waals surface area contributed by atoms with E-state index in [1.165, 1.54) is 5.56 Å². The smallest absolute Gasteiger partial charge is 0.254 e. The van der Waals surface area contributed by atoms with Gasteiger partial charge in [-0.1, -0.05) is 38.1 Å². The van der Waals surface area contributed by atoms with E-state index in [1.807, 2.05) is 26.0 Å². The van der Waals surface area contributed by atoms with Crippen LogP contribution in [0.25, 0.3) is 11.4 Å². The Labute approximate surface area is 161 Å². The normalized spacial score (nSPS) is 17.2. The molecule has 0 amide bonds. The maximum atomic E-state index is 12.2. The molecule has 5 nitrogen and oxygen atoms in total. The molecule has 146 valence electrons. The van der Waals surface area contributed by atoms with Gasteiger partial charge in [0.1, 0.15) is 5.82 Å². The molecule has 2 heterocycles. The molecule has 0 bridgehead atoms. The van der Waals surface area contributed by atoms with Gasteiger partial charge in [0.05, 0.1) is 6.10 Å². The second kappa shape index (κ2) is 8.81. The topological polar surface area (TPSA) is 69.2 Å². The maximum Gasteiger partial charge on any atom is 0.254 e. The Morgan fingerprint density at radius 2 is 1.89 bits per heavy atom. The molecule has 0 unspecified atom stereocenters. The molecule has 0 spiro atoms. The highest BCUT2D eigenvalue weighted by Gasteiger charge is 2.24. The lowest BCUT2D eigenvalue weighted by molar-refractivity contribution is 0.0550. The van der Waals surface area contributed by atoms with Crippen molar-refractivity contribution in [1.29, 1.82) is 0 Å². The summed E-state index contributed by atoms with van der Waals surface area (Å²) in [6.45, 7) is 8.92. The third kappa shape index (κ3) is 4.66. The van der Waals surface area contributed by atoms with Crippen LogP contribution in [0.3, 0.4) is 0 Å². The summed E-state index contributed by atoms with van der Waals surface area (Å²) in [5.41, 5.74) is 3.72.